The highest BCUT2D eigenvalue weighted by atomic mass is 16.5. The van der Waals surface area contributed by atoms with Gasteiger partial charge in [-0.3, -0.25) is 0 Å². The second kappa shape index (κ2) is 6.46. The molecule has 2 rings (SSSR count). The van der Waals surface area contributed by atoms with Gasteiger partial charge in [0.1, 0.15) is 0 Å². The zero-order valence-corrected chi connectivity index (χ0v) is 9.39. The van der Waals surface area contributed by atoms with Gasteiger partial charge in [0.15, 0.2) is 5.82 Å². The third-order valence-corrected chi connectivity index (χ3v) is 2.15. The molecule has 0 amide bonds. The normalized spacial score (nSPS) is 9.65. The Labute approximate surface area is 100 Å². The lowest BCUT2D eigenvalue weighted by atomic mass is 10.2. The minimum absolute atomic E-state index is 0.659. The van der Waals surface area contributed by atoms with Crippen LogP contribution in [0.2, 0.25) is 0 Å². The van der Waals surface area contributed by atoms with Crippen LogP contribution in [0.4, 0.5) is 0 Å². The lowest BCUT2D eigenvalue weighted by Crippen LogP contribution is -2.17. The molecule has 0 unspecified atom stereocenters. The second-order valence-electron chi connectivity index (χ2n) is 3.44. The van der Waals surface area contributed by atoms with Crippen LogP contribution in [0.5, 0.6) is 0 Å². The molecule has 0 radical (unpaired) electrons. The second-order valence-corrected chi connectivity index (χ2v) is 3.44. The molecule has 4 heteroatoms. The molecular formula is C13H13N3O. The van der Waals surface area contributed by atoms with Gasteiger partial charge >= 0.3 is 0 Å². The van der Waals surface area contributed by atoms with Crippen molar-refractivity contribution in [1.82, 2.24) is 15.5 Å². The minimum atomic E-state index is 0.659. The summed E-state index contributed by atoms with van der Waals surface area (Å²) in [6.07, 6.45) is 2.09. The Morgan fingerprint density at radius 1 is 1.24 bits per heavy atom. The van der Waals surface area contributed by atoms with Crippen LogP contribution in [0.15, 0.2) is 41.2 Å². The van der Waals surface area contributed by atoms with Crippen molar-refractivity contribution >= 4 is 0 Å². The van der Waals surface area contributed by atoms with Crippen molar-refractivity contribution in [1.29, 1.82) is 0 Å². The molecule has 0 aliphatic heterocycles. The Hall–Kier alpha value is -2.12. The van der Waals surface area contributed by atoms with Gasteiger partial charge in [0.25, 0.3) is 0 Å². The van der Waals surface area contributed by atoms with Crippen molar-refractivity contribution in [2.24, 2.45) is 0 Å². The van der Waals surface area contributed by atoms with Crippen LogP contribution in [0, 0.1) is 11.8 Å². The molecule has 1 aromatic carbocycles. The largest absolute Gasteiger partial charge is 0.343 e. The number of benzene rings is 1. The molecule has 4 nitrogen and oxygen atoms in total. The van der Waals surface area contributed by atoms with E-state index in [-0.39, 0.29) is 0 Å². The summed E-state index contributed by atoms with van der Waals surface area (Å²) in [5, 5.41) is 6.92. The quantitative estimate of drug-likeness (QED) is 0.631. The molecule has 86 valence electrons. The molecule has 0 saturated heterocycles. The molecule has 0 saturated carbocycles. The molecule has 0 atom stereocenters. The van der Waals surface area contributed by atoms with E-state index in [1.165, 1.54) is 6.39 Å². The predicted molar refractivity (Wildman–Crippen MR) is 64.2 cm³/mol. The zero-order chi connectivity index (χ0) is 11.8. The monoisotopic (exact) mass is 227 g/mol. The van der Waals surface area contributed by atoms with Crippen LogP contribution in [-0.2, 0) is 6.42 Å². The van der Waals surface area contributed by atoms with E-state index in [9.17, 15) is 0 Å². The first-order chi connectivity index (χ1) is 8.45. The maximum absolute atomic E-state index is 4.63. The van der Waals surface area contributed by atoms with E-state index < -0.39 is 0 Å². The first-order valence-electron chi connectivity index (χ1n) is 5.45. The lowest BCUT2D eigenvalue weighted by Gasteiger charge is -1.95. The van der Waals surface area contributed by atoms with Gasteiger partial charge in [-0.05, 0) is 12.1 Å². The number of rotatable bonds is 4. The van der Waals surface area contributed by atoms with Gasteiger partial charge in [-0.2, -0.15) is 4.98 Å². The number of nitrogens with one attached hydrogen (secondary N) is 1. The Kier molecular flexibility index (Phi) is 4.32. The van der Waals surface area contributed by atoms with Crippen LogP contribution in [0.25, 0.3) is 0 Å². The summed E-state index contributed by atoms with van der Waals surface area (Å²) in [5.41, 5.74) is 1.03. The van der Waals surface area contributed by atoms with Crippen LogP contribution in [-0.4, -0.2) is 23.2 Å². The minimum Gasteiger partial charge on any atom is -0.343 e. The summed E-state index contributed by atoms with van der Waals surface area (Å²) < 4.78 is 4.63. The summed E-state index contributed by atoms with van der Waals surface area (Å²) in [4.78, 5) is 3.93. The van der Waals surface area contributed by atoms with Crippen molar-refractivity contribution in [2.75, 3.05) is 13.1 Å². The fraction of sp³-hybridized carbons (Fsp3) is 0.231. The first kappa shape index (κ1) is 11.4. The molecular weight excluding hydrogens is 214 g/mol. The van der Waals surface area contributed by atoms with E-state index in [2.05, 4.69) is 31.8 Å². The Balaban J connectivity index is 1.65. The zero-order valence-electron chi connectivity index (χ0n) is 9.39. The predicted octanol–water partition coefficient (Wildman–Crippen LogP) is 1.25. The maximum atomic E-state index is 4.63. The summed E-state index contributed by atoms with van der Waals surface area (Å²) in [6.45, 7) is 1.45. The molecule has 1 N–H and O–H groups in total. The summed E-state index contributed by atoms with van der Waals surface area (Å²) in [6, 6.07) is 9.92. The van der Waals surface area contributed by atoms with Gasteiger partial charge in [0.05, 0.1) is 6.54 Å². The van der Waals surface area contributed by atoms with Crippen LogP contribution >= 0.6 is 0 Å². The highest BCUT2D eigenvalue weighted by Crippen LogP contribution is 1.94. The Morgan fingerprint density at radius 2 is 2.12 bits per heavy atom. The fourth-order valence-electron chi connectivity index (χ4n) is 1.32. The van der Waals surface area contributed by atoms with E-state index in [0.29, 0.717) is 12.4 Å². The topological polar surface area (TPSA) is 51.0 Å². The Morgan fingerprint density at radius 3 is 2.88 bits per heavy atom. The van der Waals surface area contributed by atoms with Crippen LogP contribution < -0.4 is 5.32 Å². The molecule has 0 aliphatic carbocycles. The van der Waals surface area contributed by atoms with Crippen molar-refractivity contribution in [2.45, 2.75) is 6.42 Å². The molecule has 0 spiro atoms. The van der Waals surface area contributed by atoms with Gasteiger partial charge in [0, 0.05) is 18.5 Å². The lowest BCUT2D eigenvalue weighted by molar-refractivity contribution is 0.409. The van der Waals surface area contributed by atoms with Gasteiger partial charge in [-0.1, -0.05) is 35.2 Å². The van der Waals surface area contributed by atoms with E-state index in [4.69, 9.17) is 0 Å². The number of hydrogen-bond donors (Lipinski definition) is 1. The fourth-order valence-corrected chi connectivity index (χ4v) is 1.32. The van der Waals surface area contributed by atoms with E-state index in [0.717, 1.165) is 18.5 Å². The molecule has 1 heterocycles. The van der Waals surface area contributed by atoms with Crippen LogP contribution in [0.3, 0.4) is 0 Å². The number of aromatic nitrogens is 2. The van der Waals surface area contributed by atoms with Gasteiger partial charge < -0.3 is 9.84 Å². The summed E-state index contributed by atoms with van der Waals surface area (Å²) >= 11 is 0. The molecule has 1 aromatic heterocycles. The molecule has 0 bridgehead atoms. The smallest absolute Gasteiger partial charge is 0.213 e. The number of hydrogen-bond acceptors (Lipinski definition) is 4. The molecule has 0 aliphatic rings. The average Bonchev–Trinajstić information content (AvgIpc) is 2.88. The number of nitrogens with zero attached hydrogens (tertiary/aromatic N) is 2. The highest BCUT2D eigenvalue weighted by Gasteiger charge is 1.95. The van der Waals surface area contributed by atoms with Crippen molar-refractivity contribution in [3.05, 3.63) is 48.1 Å². The van der Waals surface area contributed by atoms with Crippen LogP contribution in [0.1, 0.15) is 11.4 Å². The van der Waals surface area contributed by atoms with E-state index >= 15 is 0 Å². The standard InChI is InChI=1S/C13H13N3O/c1-2-5-12(6-3-1)7-4-9-14-10-8-13-15-11-17-16-13/h1-3,5-6,11,14H,8-10H2. The molecule has 2 aromatic rings. The van der Waals surface area contributed by atoms with Gasteiger partial charge in [-0.15, -0.1) is 0 Å². The SMILES string of the molecule is C(#Cc1ccccc1)CNCCc1ncon1. The van der Waals surface area contributed by atoms with Crippen molar-refractivity contribution in [3.63, 3.8) is 0 Å². The third-order valence-electron chi connectivity index (χ3n) is 2.15. The third kappa shape index (κ3) is 4.09. The van der Waals surface area contributed by atoms with E-state index in [1.807, 2.05) is 30.3 Å². The molecule has 0 fully saturated rings. The van der Waals surface area contributed by atoms with Gasteiger partial charge in [0.2, 0.25) is 6.39 Å². The molecule has 17 heavy (non-hydrogen) atoms. The summed E-state index contributed by atoms with van der Waals surface area (Å²) in [7, 11) is 0. The maximum Gasteiger partial charge on any atom is 0.213 e. The average molecular weight is 227 g/mol. The Bertz CT molecular complexity index is 482. The van der Waals surface area contributed by atoms with Crippen molar-refractivity contribution < 1.29 is 4.52 Å². The van der Waals surface area contributed by atoms with Crippen molar-refractivity contribution in [3.8, 4) is 11.8 Å². The van der Waals surface area contributed by atoms with E-state index in [1.54, 1.807) is 0 Å². The first-order valence-corrected chi connectivity index (χ1v) is 5.45. The highest BCUT2D eigenvalue weighted by molar-refractivity contribution is 5.33. The summed E-state index contributed by atoms with van der Waals surface area (Å²) in [5.74, 6) is 6.85. The van der Waals surface area contributed by atoms with Gasteiger partial charge in [-0.25, -0.2) is 0 Å².